The fourth-order valence-corrected chi connectivity index (χ4v) is 3.14. The van der Waals surface area contributed by atoms with Crippen molar-refractivity contribution < 1.29 is 9.47 Å². The minimum atomic E-state index is 0. The summed E-state index contributed by atoms with van der Waals surface area (Å²) in [4.78, 5) is 4.33. The average Bonchev–Trinajstić information content (AvgIpc) is 2.62. The van der Waals surface area contributed by atoms with E-state index in [0.29, 0.717) is 5.41 Å². The monoisotopic (exact) mass is 475 g/mol. The molecule has 0 radical (unpaired) electrons. The van der Waals surface area contributed by atoms with Crippen LogP contribution in [-0.2, 0) is 4.74 Å². The van der Waals surface area contributed by atoms with Crippen molar-refractivity contribution >= 4 is 29.9 Å². The van der Waals surface area contributed by atoms with Crippen molar-refractivity contribution in [3.8, 4) is 5.75 Å². The molecular weight excluding hydrogens is 441 g/mol. The summed E-state index contributed by atoms with van der Waals surface area (Å²) in [5.74, 6) is 1.84. The van der Waals surface area contributed by atoms with Crippen LogP contribution in [0.4, 0.5) is 0 Å². The maximum atomic E-state index is 5.71. The number of para-hydroxylation sites is 1. The number of hydrogen-bond donors (Lipinski definition) is 2. The van der Waals surface area contributed by atoms with Crippen LogP contribution < -0.4 is 15.4 Å². The van der Waals surface area contributed by atoms with Gasteiger partial charge in [0.05, 0.1) is 6.61 Å². The smallest absolute Gasteiger partial charge is 0.190 e. The normalized spacial score (nSPS) is 15.5. The molecule has 1 saturated carbocycles. The summed E-state index contributed by atoms with van der Waals surface area (Å²) in [5, 5.41) is 6.89. The summed E-state index contributed by atoms with van der Waals surface area (Å²) in [5.41, 5.74) is 0.400. The fraction of sp³-hybridized carbons (Fsp3) is 0.650. The van der Waals surface area contributed by atoms with E-state index in [-0.39, 0.29) is 24.0 Å². The van der Waals surface area contributed by atoms with Crippen LogP contribution in [0.2, 0.25) is 0 Å². The number of ether oxygens (including phenoxy) is 2. The molecule has 26 heavy (non-hydrogen) atoms. The third kappa shape index (κ3) is 8.12. The Hall–Kier alpha value is -1.02. The van der Waals surface area contributed by atoms with Gasteiger partial charge in [-0.1, -0.05) is 24.6 Å². The first-order chi connectivity index (χ1) is 12.3. The van der Waals surface area contributed by atoms with E-state index in [2.05, 4.69) is 15.6 Å². The zero-order valence-corrected chi connectivity index (χ0v) is 18.5. The Morgan fingerprint density at radius 3 is 2.50 bits per heavy atom. The summed E-state index contributed by atoms with van der Waals surface area (Å²) in [7, 11) is 3.61. The molecule has 148 valence electrons. The third-order valence-electron chi connectivity index (χ3n) is 4.98. The van der Waals surface area contributed by atoms with E-state index in [1.54, 1.807) is 7.11 Å². The Labute approximate surface area is 175 Å². The Balaban J connectivity index is 0.00000338. The van der Waals surface area contributed by atoms with E-state index in [4.69, 9.17) is 9.47 Å². The van der Waals surface area contributed by atoms with Crippen molar-refractivity contribution in [1.82, 2.24) is 10.6 Å². The molecule has 0 spiro atoms. The molecule has 0 atom stereocenters. The van der Waals surface area contributed by atoms with Crippen LogP contribution in [0.1, 0.15) is 38.5 Å². The number of aliphatic imine (C=N–C) groups is 1. The van der Waals surface area contributed by atoms with Gasteiger partial charge in [-0.2, -0.15) is 0 Å². The van der Waals surface area contributed by atoms with E-state index >= 15 is 0 Å². The molecule has 0 amide bonds. The number of nitrogens with one attached hydrogen (secondary N) is 2. The SMILES string of the molecule is CN=C(NCCCCOc1ccccc1)NCC1(CCOC)CCC1.I. The highest BCUT2D eigenvalue weighted by Crippen LogP contribution is 2.43. The fourth-order valence-electron chi connectivity index (χ4n) is 3.14. The van der Waals surface area contributed by atoms with Crippen LogP contribution in [0.3, 0.4) is 0 Å². The predicted octanol–water partition coefficient (Wildman–Crippen LogP) is 3.84. The largest absolute Gasteiger partial charge is 0.494 e. The summed E-state index contributed by atoms with van der Waals surface area (Å²) in [6, 6.07) is 9.97. The Bertz CT molecular complexity index is 507. The van der Waals surface area contributed by atoms with Gasteiger partial charge in [0.15, 0.2) is 5.96 Å². The minimum absolute atomic E-state index is 0. The summed E-state index contributed by atoms with van der Waals surface area (Å²) < 4.78 is 11.0. The van der Waals surface area contributed by atoms with E-state index in [9.17, 15) is 0 Å². The molecule has 6 heteroatoms. The molecule has 0 bridgehead atoms. The lowest BCUT2D eigenvalue weighted by atomic mass is 9.67. The number of nitrogens with zero attached hydrogens (tertiary/aromatic N) is 1. The van der Waals surface area contributed by atoms with Gasteiger partial charge in [-0.05, 0) is 49.7 Å². The van der Waals surface area contributed by atoms with Crippen molar-refractivity contribution in [2.45, 2.75) is 38.5 Å². The molecule has 1 aromatic rings. The van der Waals surface area contributed by atoms with Crippen molar-refractivity contribution in [3.63, 3.8) is 0 Å². The number of halogens is 1. The third-order valence-corrected chi connectivity index (χ3v) is 4.98. The van der Waals surface area contributed by atoms with E-state index in [1.807, 2.05) is 37.4 Å². The standard InChI is InChI=1S/C20H33N3O2.HI/c1-21-19(23-17-20(11-8-12-20)13-16-24-2)22-14-6-7-15-25-18-9-4-3-5-10-18;/h3-5,9-10H,6-8,11-17H2,1-2H3,(H2,21,22,23);1H. The lowest BCUT2D eigenvalue weighted by Crippen LogP contribution is -2.47. The molecule has 0 unspecified atom stereocenters. The average molecular weight is 475 g/mol. The van der Waals surface area contributed by atoms with Crippen molar-refractivity contribution in [2.24, 2.45) is 10.4 Å². The molecule has 1 fully saturated rings. The first-order valence-electron chi connectivity index (χ1n) is 9.39. The van der Waals surface area contributed by atoms with Crippen molar-refractivity contribution in [3.05, 3.63) is 30.3 Å². The number of methoxy groups -OCH3 is 1. The first-order valence-corrected chi connectivity index (χ1v) is 9.39. The molecule has 0 aromatic heterocycles. The van der Waals surface area contributed by atoms with Crippen LogP contribution >= 0.6 is 24.0 Å². The molecule has 1 aromatic carbocycles. The highest BCUT2D eigenvalue weighted by molar-refractivity contribution is 14.0. The van der Waals surface area contributed by atoms with Gasteiger partial charge >= 0.3 is 0 Å². The number of benzene rings is 1. The van der Waals surface area contributed by atoms with E-state index in [1.165, 1.54) is 19.3 Å². The Morgan fingerprint density at radius 2 is 1.88 bits per heavy atom. The van der Waals surface area contributed by atoms with Crippen LogP contribution in [0.5, 0.6) is 5.75 Å². The molecule has 0 heterocycles. The highest BCUT2D eigenvalue weighted by Gasteiger charge is 2.36. The molecule has 0 aliphatic heterocycles. The van der Waals surface area contributed by atoms with Gasteiger partial charge in [0, 0.05) is 33.9 Å². The van der Waals surface area contributed by atoms with Crippen LogP contribution in [0.15, 0.2) is 35.3 Å². The molecule has 2 N–H and O–H groups in total. The summed E-state index contributed by atoms with van der Waals surface area (Å²) in [6.45, 7) is 3.48. The number of rotatable bonds is 11. The molecule has 0 saturated heterocycles. The maximum Gasteiger partial charge on any atom is 0.190 e. The highest BCUT2D eigenvalue weighted by atomic mass is 127. The van der Waals surface area contributed by atoms with Gasteiger partial charge < -0.3 is 20.1 Å². The second-order valence-corrected chi connectivity index (χ2v) is 6.82. The first kappa shape index (κ1) is 23.0. The summed E-state index contributed by atoms with van der Waals surface area (Å²) in [6.07, 6.45) is 7.12. The second-order valence-electron chi connectivity index (χ2n) is 6.82. The summed E-state index contributed by atoms with van der Waals surface area (Å²) >= 11 is 0. The van der Waals surface area contributed by atoms with Gasteiger partial charge in [-0.3, -0.25) is 4.99 Å². The molecule has 5 nitrogen and oxygen atoms in total. The van der Waals surface area contributed by atoms with Gasteiger partial charge in [0.2, 0.25) is 0 Å². The maximum absolute atomic E-state index is 5.71. The van der Waals surface area contributed by atoms with Crippen molar-refractivity contribution in [2.75, 3.05) is 40.5 Å². The lowest BCUT2D eigenvalue weighted by Gasteiger charge is -2.42. The number of hydrogen-bond acceptors (Lipinski definition) is 3. The quantitative estimate of drug-likeness (QED) is 0.221. The van der Waals surface area contributed by atoms with Gasteiger partial charge in [0.25, 0.3) is 0 Å². The predicted molar refractivity (Wildman–Crippen MR) is 119 cm³/mol. The topological polar surface area (TPSA) is 54.9 Å². The van der Waals surface area contributed by atoms with E-state index < -0.39 is 0 Å². The van der Waals surface area contributed by atoms with Crippen LogP contribution in [0, 0.1) is 5.41 Å². The number of unbranched alkanes of at least 4 members (excludes halogenated alkanes) is 1. The van der Waals surface area contributed by atoms with Gasteiger partial charge in [-0.25, -0.2) is 0 Å². The lowest BCUT2D eigenvalue weighted by molar-refractivity contribution is 0.0732. The molecule has 1 aliphatic rings. The van der Waals surface area contributed by atoms with Crippen LogP contribution in [-0.4, -0.2) is 46.4 Å². The Morgan fingerprint density at radius 1 is 1.12 bits per heavy atom. The van der Waals surface area contributed by atoms with Gasteiger partial charge in [0.1, 0.15) is 5.75 Å². The van der Waals surface area contributed by atoms with Crippen LogP contribution in [0.25, 0.3) is 0 Å². The molecule has 1 aliphatic carbocycles. The van der Waals surface area contributed by atoms with Crippen molar-refractivity contribution in [1.29, 1.82) is 0 Å². The van der Waals surface area contributed by atoms with E-state index in [0.717, 1.165) is 57.3 Å². The zero-order chi connectivity index (χ0) is 17.8. The van der Waals surface area contributed by atoms with Gasteiger partial charge in [-0.15, -0.1) is 24.0 Å². The number of guanidine groups is 1. The minimum Gasteiger partial charge on any atom is -0.494 e. The molecular formula is C20H34IN3O2. The zero-order valence-electron chi connectivity index (χ0n) is 16.1. The Kier molecular flexibility index (Phi) is 11.7. The second kappa shape index (κ2) is 13.2. The molecule has 2 rings (SSSR count).